The average molecular weight is 386 g/mol. The maximum absolute atomic E-state index is 13.1. The van der Waals surface area contributed by atoms with Gasteiger partial charge >= 0.3 is 0 Å². The van der Waals surface area contributed by atoms with E-state index in [-0.39, 0.29) is 5.91 Å². The molecule has 3 fully saturated rings. The summed E-state index contributed by atoms with van der Waals surface area (Å²) in [5.74, 6) is 0.822. The Balaban J connectivity index is 1.31. The number of hydrogen-bond acceptors (Lipinski definition) is 4. The number of likely N-dealkylation sites (tertiary alicyclic amines) is 1. The van der Waals surface area contributed by atoms with Gasteiger partial charge in [0.2, 0.25) is 0 Å². The summed E-state index contributed by atoms with van der Waals surface area (Å²) >= 11 is 0. The zero-order valence-corrected chi connectivity index (χ0v) is 17.3. The van der Waals surface area contributed by atoms with Gasteiger partial charge < -0.3 is 14.9 Å². The summed E-state index contributed by atoms with van der Waals surface area (Å²) in [5, 5.41) is 11.2. The van der Waals surface area contributed by atoms with Gasteiger partial charge in [-0.1, -0.05) is 36.2 Å². The number of β-amino-alcohol motifs (C(OH)–C–C–N with tert-alkyl or cyclic N) is 1. The third-order valence-electron chi connectivity index (χ3n) is 6.85. The molecule has 0 radical (unpaired) electrons. The van der Waals surface area contributed by atoms with E-state index < -0.39 is 5.60 Å². The topological polar surface area (TPSA) is 47.0 Å². The minimum absolute atomic E-state index is 0.0860. The molecule has 4 rings (SSSR count). The molecule has 154 valence electrons. The largest absolute Gasteiger partial charge is 0.379 e. The first-order valence-electron chi connectivity index (χ1n) is 11.0. The normalized spacial score (nSPS) is 27.8. The first-order chi connectivity index (χ1) is 13.5. The fourth-order valence-electron chi connectivity index (χ4n) is 4.93. The lowest BCUT2D eigenvalue weighted by atomic mass is 9.85. The van der Waals surface area contributed by atoms with Crippen LogP contribution in [0.2, 0.25) is 0 Å². The van der Waals surface area contributed by atoms with Gasteiger partial charge in [0.05, 0.1) is 0 Å². The SMILES string of the molecule is Cc1cccc(CN2CCCC(O)(CN3CCN(CC4CCC4)CC3)C2=O)c1. The fourth-order valence-corrected chi connectivity index (χ4v) is 4.93. The molecule has 28 heavy (non-hydrogen) atoms. The van der Waals surface area contributed by atoms with Crippen LogP contribution in [0.5, 0.6) is 0 Å². The Morgan fingerprint density at radius 1 is 1.07 bits per heavy atom. The molecular formula is C23H35N3O2. The summed E-state index contributed by atoms with van der Waals surface area (Å²) in [6, 6.07) is 8.30. The quantitative estimate of drug-likeness (QED) is 0.816. The molecule has 1 aliphatic carbocycles. The first-order valence-corrected chi connectivity index (χ1v) is 11.0. The van der Waals surface area contributed by atoms with Crippen molar-refractivity contribution >= 4 is 5.91 Å². The van der Waals surface area contributed by atoms with Crippen LogP contribution in [0.1, 0.15) is 43.2 Å². The van der Waals surface area contributed by atoms with Gasteiger partial charge in [0.1, 0.15) is 0 Å². The maximum Gasteiger partial charge on any atom is 0.256 e. The molecule has 1 atom stereocenters. The Morgan fingerprint density at radius 3 is 2.50 bits per heavy atom. The van der Waals surface area contributed by atoms with E-state index in [2.05, 4.69) is 34.9 Å². The monoisotopic (exact) mass is 385 g/mol. The van der Waals surface area contributed by atoms with Gasteiger partial charge in [0, 0.05) is 52.4 Å². The molecule has 1 N–H and O–H groups in total. The highest BCUT2D eigenvalue weighted by molar-refractivity contribution is 5.86. The fraction of sp³-hybridized carbons (Fsp3) is 0.696. The highest BCUT2D eigenvalue weighted by Gasteiger charge is 2.43. The summed E-state index contributed by atoms with van der Waals surface area (Å²) in [6.45, 7) is 9.17. The Labute approximate surface area is 169 Å². The number of rotatable bonds is 6. The number of piperazine rings is 1. The number of hydrogen-bond donors (Lipinski definition) is 1. The molecule has 3 aliphatic rings. The second-order valence-corrected chi connectivity index (χ2v) is 9.22. The van der Waals surface area contributed by atoms with Crippen molar-refractivity contribution in [2.75, 3.05) is 45.8 Å². The molecule has 1 unspecified atom stereocenters. The number of benzene rings is 1. The van der Waals surface area contributed by atoms with Crippen molar-refractivity contribution in [1.82, 2.24) is 14.7 Å². The Hall–Kier alpha value is -1.43. The number of carbonyl (C=O) groups is 1. The summed E-state index contributed by atoms with van der Waals surface area (Å²) < 4.78 is 0. The standard InChI is InChI=1S/C23H35N3O2/c1-19-5-2-8-21(15-19)17-26-10-4-9-23(28,22(26)27)18-25-13-11-24(12-14-25)16-20-6-3-7-20/h2,5,8,15,20,28H,3-4,6-7,9-14,16-18H2,1H3. The summed E-state index contributed by atoms with van der Waals surface area (Å²) in [7, 11) is 0. The van der Waals surface area contributed by atoms with E-state index in [1.165, 1.54) is 31.4 Å². The third-order valence-corrected chi connectivity index (χ3v) is 6.85. The van der Waals surface area contributed by atoms with Crippen LogP contribution in [-0.4, -0.2) is 77.1 Å². The molecule has 2 aliphatic heterocycles. The lowest BCUT2D eigenvalue weighted by molar-refractivity contribution is -0.160. The van der Waals surface area contributed by atoms with Gasteiger partial charge in [-0.15, -0.1) is 0 Å². The minimum atomic E-state index is -1.22. The molecule has 0 aromatic heterocycles. The maximum atomic E-state index is 13.1. The number of nitrogens with zero attached hydrogens (tertiary/aromatic N) is 3. The number of aryl methyl sites for hydroxylation is 1. The van der Waals surface area contributed by atoms with Crippen LogP contribution in [0.3, 0.4) is 0 Å². The predicted octanol–water partition coefficient (Wildman–Crippen LogP) is 2.27. The number of carbonyl (C=O) groups excluding carboxylic acids is 1. The first kappa shape index (κ1) is 19.9. The third kappa shape index (κ3) is 4.58. The van der Waals surface area contributed by atoms with Crippen molar-refractivity contribution in [2.45, 2.75) is 51.2 Å². The van der Waals surface area contributed by atoms with Crippen molar-refractivity contribution < 1.29 is 9.90 Å². The highest BCUT2D eigenvalue weighted by Crippen LogP contribution is 2.28. The lowest BCUT2D eigenvalue weighted by Crippen LogP contribution is -2.60. The molecule has 1 amide bonds. The molecule has 1 saturated carbocycles. The summed E-state index contributed by atoms with van der Waals surface area (Å²) in [6.07, 6.45) is 5.64. The summed E-state index contributed by atoms with van der Waals surface area (Å²) in [4.78, 5) is 19.8. The van der Waals surface area contributed by atoms with E-state index in [4.69, 9.17) is 0 Å². The van der Waals surface area contributed by atoms with Gasteiger partial charge in [-0.2, -0.15) is 0 Å². The second kappa shape index (κ2) is 8.52. The van der Waals surface area contributed by atoms with Crippen molar-refractivity contribution in [2.24, 2.45) is 5.92 Å². The average Bonchev–Trinajstić information content (AvgIpc) is 2.64. The molecule has 1 aromatic carbocycles. The zero-order chi connectivity index (χ0) is 19.6. The van der Waals surface area contributed by atoms with E-state index >= 15 is 0 Å². The van der Waals surface area contributed by atoms with Crippen LogP contribution < -0.4 is 0 Å². The molecule has 5 nitrogen and oxygen atoms in total. The zero-order valence-electron chi connectivity index (χ0n) is 17.3. The van der Waals surface area contributed by atoms with Crippen LogP contribution in [0.25, 0.3) is 0 Å². The minimum Gasteiger partial charge on any atom is -0.379 e. The molecular weight excluding hydrogens is 350 g/mol. The van der Waals surface area contributed by atoms with Crippen molar-refractivity contribution in [3.05, 3.63) is 35.4 Å². The number of aliphatic hydroxyl groups is 1. The van der Waals surface area contributed by atoms with Crippen LogP contribution in [0.4, 0.5) is 0 Å². The van der Waals surface area contributed by atoms with Gasteiger partial charge in [0.25, 0.3) is 5.91 Å². The summed E-state index contributed by atoms with van der Waals surface area (Å²) in [5.41, 5.74) is 1.12. The van der Waals surface area contributed by atoms with Crippen LogP contribution in [0.15, 0.2) is 24.3 Å². The van der Waals surface area contributed by atoms with Gasteiger partial charge in [-0.05, 0) is 44.1 Å². The van der Waals surface area contributed by atoms with Crippen molar-refractivity contribution in [3.63, 3.8) is 0 Å². The molecule has 1 aromatic rings. The van der Waals surface area contributed by atoms with Crippen LogP contribution >= 0.6 is 0 Å². The van der Waals surface area contributed by atoms with Crippen LogP contribution in [-0.2, 0) is 11.3 Å². The van der Waals surface area contributed by atoms with Crippen molar-refractivity contribution in [1.29, 1.82) is 0 Å². The van der Waals surface area contributed by atoms with E-state index in [0.717, 1.165) is 50.6 Å². The number of amides is 1. The molecule has 2 heterocycles. The van der Waals surface area contributed by atoms with E-state index in [1.54, 1.807) is 0 Å². The molecule has 2 saturated heterocycles. The Kier molecular flexibility index (Phi) is 6.04. The molecule has 0 spiro atoms. The Morgan fingerprint density at radius 2 is 1.82 bits per heavy atom. The van der Waals surface area contributed by atoms with E-state index in [0.29, 0.717) is 19.5 Å². The smallest absolute Gasteiger partial charge is 0.256 e. The molecule has 0 bridgehead atoms. The lowest BCUT2D eigenvalue weighted by Gasteiger charge is -2.43. The Bertz CT molecular complexity index is 682. The molecule has 5 heteroatoms. The second-order valence-electron chi connectivity index (χ2n) is 9.22. The van der Waals surface area contributed by atoms with Gasteiger partial charge in [-0.25, -0.2) is 0 Å². The predicted molar refractivity (Wildman–Crippen MR) is 111 cm³/mol. The van der Waals surface area contributed by atoms with Crippen LogP contribution in [0, 0.1) is 12.8 Å². The van der Waals surface area contributed by atoms with Gasteiger partial charge in [0.15, 0.2) is 5.60 Å². The number of piperidine rings is 1. The van der Waals surface area contributed by atoms with E-state index in [1.807, 2.05) is 11.0 Å². The van der Waals surface area contributed by atoms with Crippen molar-refractivity contribution in [3.8, 4) is 0 Å². The van der Waals surface area contributed by atoms with Gasteiger partial charge in [-0.3, -0.25) is 9.69 Å². The highest BCUT2D eigenvalue weighted by atomic mass is 16.3. The van der Waals surface area contributed by atoms with E-state index in [9.17, 15) is 9.90 Å².